The number of aromatic amines is 1. The summed E-state index contributed by atoms with van der Waals surface area (Å²) in [5.41, 5.74) is 1.08. The zero-order chi connectivity index (χ0) is 18.5. The Balaban J connectivity index is 1.92. The predicted molar refractivity (Wildman–Crippen MR) is 88.5 cm³/mol. The second kappa shape index (κ2) is 7.73. The average Bonchev–Trinajstić information content (AvgIpc) is 3.10. The van der Waals surface area contributed by atoms with Crippen LogP contribution in [-0.2, 0) is 11.3 Å². The number of hydrogen-bond acceptors (Lipinski definition) is 5. The molecule has 134 valence electrons. The normalized spacial score (nSPS) is 10.6. The molecule has 3 rings (SSSR count). The molecule has 0 saturated carbocycles. The van der Waals surface area contributed by atoms with E-state index in [-0.39, 0.29) is 30.4 Å². The third-order valence-corrected chi connectivity index (χ3v) is 3.50. The monoisotopic (exact) mass is 359 g/mol. The van der Waals surface area contributed by atoms with Crippen LogP contribution in [0, 0.1) is 11.6 Å². The molecule has 0 saturated heterocycles. The van der Waals surface area contributed by atoms with Crippen LogP contribution in [-0.4, -0.2) is 28.0 Å². The summed E-state index contributed by atoms with van der Waals surface area (Å²) in [5, 5.41) is 10.1. The minimum Gasteiger partial charge on any atom is -0.488 e. The van der Waals surface area contributed by atoms with Crippen molar-refractivity contribution < 1.29 is 23.0 Å². The van der Waals surface area contributed by atoms with E-state index in [1.807, 2.05) is 0 Å². The van der Waals surface area contributed by atoms with Gasteiger partial charge in [-0.25, -0.2) is 13.6 Å². The van der Waals surface area contributed by atoms with Crippen LogP contribution >= 0.6 is 0 Å². The summed E-state index contributed by atoms with van der Waals surface area (Å²) in [5.74, 6) is -1.43. The molecule has 6 nitrogen and oxygen atoms in total. The fourth-order valence-electron chi connectivity index (χ4n) is 2.36. The van der Waals surface area contributed by atoms with Crippen molar-refractivity contribution in [1.82, 2.24) is 15.4 Å². The van der Waals surface area contributed by atoms with Crippen LogP contribution in [0.2, 0.25) is 0 Å². The lowest BCUT2D eigenvalue weighted by Crippen LogP contribution is -2.07. The van der Waals surface area contributed by atoms with Crippen LogP contribution in [0.5, 0.6) is 5.75 Å². The molecule has 0 atom stereocenters. The number of benzene rings is 2. The molecule has 0 aliphatic carbocycles. The fourth-order valence-corrected chi connectivity index (χ4v) is 2.36. The molecule has 0 fully saturated rings. The second-order valence-electron chi connectivity index (χ2n) is 5.30. The van der Waals surface area contributed by atoms with Gasteiger partial charge in [0.15, 0.2) is 5.69 Å². The Labute approximate surface area is 147 Å². The largest absolute Gasteiger partial charge is 0.488 e. The average molecular weight is 359 g/mol. The maximum Gasteiger partial charge on any atom is 0.361 e. The Morgan fingerprint density at radius 2 is 1.92 bits per heavy atom. The van der Waals surface area contributed by atoms with E-state index in [1.165, 1.54) is 24.3 Å². The minimum absolute atomic E-state index is 0.0147. The summed E-state index contributed by atoms with van der Waals surface area (Å²) in [7, 11) is 0. The van der Waals surface area contributed by atoms with Gasteiger partial charge in [-0.05, 0) is 36.8 Å². The number of H-pyrrole nitrogens is 1. The summed E-state index contributed by atoms with van der Waals surface area (Å²) >= 11 is 0. The summed E-state index contributed by atoms with van der Waals surface area (Å²) in [4.78, 5) is 12.0. The van der Waals surface area contributed by atoms with E-state index in [9.17, 15) is 13.6 Å². The Morgan fingerprint density at radius 3 is 2.69 bits per heavy atom. The zero-order valence-electron chi connectivity index (χ0n) is 13.8. The number of nitrogens with one attached hydrogen (secondary N) is 1. The van der Waals surface area contributed by atoms with Crippen LogP contribution in [0.25, 0.3) is 11.3 Å². The minimum atomic E-state index is -0.656. The highest BCUT2D eigenvalue weighted by atomic mass is 19.1. The third-order valence-electron chi connectivity index (χ3n) is 3.50. The molecule has 0 unspecified atom stereocenters. The highest BCUT2D eigenvalue weighted by Crippen LogP contribution is 2.32. The predicted octanol–water partition coefficient (Wildman–Crippen LogP) is 3.51. The van der Waals surface area contributed by atoms with Crippen LogP contribution < -0.4 is 4.74 Å². The van der Waals surface area contributed by atoms with E-state index in [1.54, 1.807) is 19.1 Å². The van der Waals surface area contributed by atoms with E-state index in [0.717, 1.165) is 6.07 Å². The molecule has 1 aromatic heterocycles. The molecule has 0 spiro atoms. The number of esters is 1. The van der Waals surface area contributed by atoms with Crippen molar-refractivity contribution in [2.45, 2.75) is 13.5 Å². The van der Waals surface area contributed by atoms with Crippen LogP contribution in [0.1, 0.15) is 23.0 Å². The molecule has 3 aromatic rings. The molecule has 0 radical (unpaired) electrons. The maximum atomic E-state index is 13.7. The van der Waals surface area contributed by atoms with E-state index < -0.39 is 17.6 Å². The van der Waals surface area contributed by atoms with Crippen LogP contribution in [0.15, 0.2) is 42.5 Å². The number of carbonyl (C=O) groups excluding carboxylic acids is 1. The van der Waals surface area contributed by atoms with E-state index >= 15 is 0 Å². The molecule has 26 heavy (non-hydrogen) atoms. The number of carbonyl (C=O) groups is 1. The Kier molecular flexibility index (Phi) is 5.21. The Hall–Kier alpha value is -3.29. The first-order valence-corrected chi connectivity index (χ1v) is 7.83. The van der Waals surface area contributed by atoms with Gasteiger partial charge >= 0.3 is 5.97 Å². The van der Waals surface area contributed by atoms with Crippen molar-refractivity contribution in [3.05, 3.63) is 65.4 Å². The van der Waals surface area contributed by atoms with Gasteiger partial charge in [-0.1, -0.05) is 12.1 Å². The van der Waals surface area contributed by atoms with E-state index in [0.29, 0.717) is 11.1 Å². The van der Waals surface area contributed by atoms with E-state index in [4.69, 9.17) is 9.47 Å². The first-order valence-electron chi connectivity index (χ1n) is 7.83. The molecule has 0 aliphatic heterocycles. The molecule has 0 aliphatic rings. The Morgan fingerprint density at radius 1 is 1.12 bits per heavy atom. The molecular formula is C18H15F2N3O3. The number of halogens is 2. The van der Waals surface area contributed by atoms with Crippen molar-refractivity contribution in [3.8, 4) is 17.0 Å². The van der Waals surface area contributed by atoms with Crippen LogP contribution in [0.3, 0.4) is 0 Å². The topological polar surface area (TPSA) is 77.1 Å². The van der Waals surface area contributed by atoms with Crippen molar-refractivity contribution in [3.63, 3.8) is 0 Å². The molecule has 0 bridgehead atoms. The fraction of sp³-hybridized carbons (Fsp3) is 0.167. The van der Waals surface area contributed by atoms with Crippen molar-refractivity contribution in [1.29, 1.82) is 0 Å². The number of rotatable bonds is 6. The first-order chi connectivity index (χ1) is 12.6. The molecule has 1 heterocycles. The third kappa shape index (κ3) is 3.85. The van der Waals surface area contributed by atoms with Gasteiger partial charge in [-0.15, -0.1) is 5.10 Å². The highest BCUT2D eigenvalue weighted by Gasteiger charge is 2.22. The maximum absolute atomic E-state index is 13.7. The van der Waals surface area contributed by atoms with Gasteiger partial charge in [-0.2, -0.15) is 10.3 Å². The van der Waals surface area contributed by atoms with E-state index in [2.05, 4.69) is 15.4 Å². The zero-order valence-corrected chi connectivity index (χ0v) is 13.8. The number of nitrogens with zero attached hydrogens (tertiary/aromatic N) is 2. The summed E-state index contributed by atoms with van der Waals surface area (Å²) in [6, 6.07) is 9.68. The summed E-state index contributed by atoms with van der Waals surface area (Å²) in [6.07, 6.45) is 0. The lowest BCUT2D eigenvalue weighted by atomic mass is 10.1. The smallest absolute Gasteiger partial charge is 0.361 e. The lowest BCUT2D eigenvalue weighted by Gasteiger charge is -2.11. The molecule has 0 amide bonds. The number of ether oxygens (including phenoxy) is 2. The molecular weight excluding hydrogens is 344 g/mol. The van der Waals surface area contributed by atoms with Gasteiger partial charge in [0.1, 0.15) is 29.7 Å². The van der Waals surface area contributed by atoms with Crippen molar-refractivity contribution in [2.24, 2.45) is 0 Å². The van der Waals surface area contributed by atoms with Crippen LogP contribution in [0.4, 0.5) is 8.78 Å². The quantitative estimate of drug-likeness (QED) is 0.682. The molecule has 1 N–H and O–H groups in total. The molecule has 8 heteroatoms. The SMILES string of the molecule is CCOC(=O)c1n[nH]nc1-c1ccc(F)cc1OCc1cccc(F)c1. The van der Waals surface area contributed by atoms with Gasteiger partial charge in [0.2, 0.25) is 0 Å². The highest BCUT2D eigenvalue weighted by molar-refractivity contribution is 5.94. The number of aromatic nitrogens is 3. The van der Waals surface area contributed by atoms with Gasteiger partial charge in [0.25, 0.3) is 0 Å². The van der Waals surface area contributed by atoms with Crippen molar-refractivity contribution >= 4 is 5.97 Å². The van der Waals surface area contributed by atoms with Gasteiger partial charge in [0.05, 0.1) is 6.61 Å². The van der Waals surface area contributed by atoms with Crippen molar-refractivity contribution in [2.75, 3.05) is 6.61 Å². The van der Waals surface area contributed by atoms with Gasteiger partial charge in [0, 0.05) is 11.6 Å². The van der Waals surface area contributed by atoms with Gasteiger partial charge in [-0.3, -0.25) is 0 Å². The summed E-state index contributed by atoms with van der Waals surface area (Å²) in [6.45, 7) is 1.86. The summed E-state index contributed by atoms with van der Waals surface area (Å²) < 4.78 is 37.5. The lowest BCUT2D eigenvalue weighted by molar-refractivity contribution is 0.0520. The standard InChI is InChI=1S/C18H15F2N3O3/c1-2-25-18(24)17-16(21-23-22-17)14-7-6-13(20)9-15(14)26-10-11-4-3-5-12(19)8-11/h3-9H,2,10H2,1H3,(H,21,22,23). The number of hydrogen-bond donors (Lipinski definition) is 1. The van der Waals surface area contributed by atoms with Gasteiger partial charge < -0.3 is 9.47 Å². The Bertz CT molecular complexity index is 928. The second-order valence-corrected chi connectivity index (χ2v) is 5.30. The first kappa shape index (κ1) is 17.5. The molecule has 2 aromatic carbocycles.